The van der Waals surface area contributed by atoms with Gasteiger partial charge in [0, 0.05) is 17.6 Å². The van der Waals surface area contributed by atoms with E-state index in [1.165, 1.54) is 12.1 Å². The van der Waals surface area contributed by atoms with Gasteiger partial charge in [-0.2, -0.15) is 0 Å². The van der Waals surface area contributed by atoms with E-state index in [0.717, 1.165) is 6.07 Å². The fourth-order valence-corrected chi connectivity index (χ4v) is 1.68. The van der Waals surface area contributed by atoms with Crippen LogP contribution in [0.5, 0.6) is 0 Å². The van der Waals surface area contributed by atoms with E-state index in [1.807, 2.05) is 0 Å². The number of carboxylic acid groups (broad SMARTS) is 1. The molecule has 0 heterocycles. The summed E-state index contributed by atoms with van der Waals surface area (Å²) in [7, 11) is 0. The number of hydrogen-bond acceptors (Lipinski definition) is 3. The van der Waals surface area contributed by atoms with Crippen molar-refractivity contribution in [3.05, 3.63) is 29.6 Å². The van der Waals surface area contributed by atoms with Crippen molar-refractivity contribution in [1.82, 2.24) is 0 Å². The predicted molar refractivity (Wildman–Crippen MR) is 69.5 cm³/mol. The van der Waals surface area contributed by atoms with E-state index in [-0.39, 0.29) is 12.0 Å². The van der Waals surface area contributed by atoms with Crippen molar-refractivity contribution < 1.29 is 19.1 Å². The molecule has 1 aromatic carbocycles. The molecule has 0 fully saturated rings. The molecular formula is C13H17FN2O3. The van der Waals surface area contributed by atoms with Gasteiger partial charge in [-0.1, -0.05) is 0 Å². The second-order valence-corrected chi connectivity index (χ2v) is 4.96. The number of carbonyl (C=O) groups excluding carboxylic acids is 1. The van der Waals surface area contributed by atoms with Crippen LogP contribution in [0.2, 0.25) is 0 Å². The minimum Gasteiger partial charge on any atom is -0.481 e. The summed E-state index contributed by atoms with van der Waals surface area (Å²) < 4.78 is 13.1. The van der Waals surface area contributed by atoms with Crippen molar-refractivity contribution >= 4 is 17.6 Å². The Kier molecular flexibility index (Phi) is 4.47. The van der Waals surface area contributed by atoms with Crippen LogP contribution in [-0.2, 0) is 4.79 Å². The summed E-state index contributed by atoms with van der Waals surface area (Å²) >= 11 is 0. The predicted octanol–water partition coefficient (Wildman–Crippen LogP) is 1.98. The van der Waals surface area contributed by atoms with Crippen molar-refractivity contribution in [2.45, 2.75) is 32.2 Å². The van der Waals surface area contributed by atoms with Gasteiger partial charge >= 0.3 is 5.97 Å². The van der Waals surface area contributed by atoms with E-state index >= 15 is 0 Å². The first-order valence-corrected chi connectivity index (χ1v) is 5.80. The molecule has 1 aromatic rings. The van der Waals surface area contributed by atoms with Crippen molar-refractivity contribution in [2.75, 3.05) is 5.32 Å². The fraction of sp³-hybridized carbons (Fsp3) is 0.385. The number of hydrogen-bond donors (Lipinski definition) is 3. The summed E-state index contributed by atoms with van der Waals surface area (Å²) in [4.78, 5) is 21.8. The standard InChI is InChI=1S/C13H17FN2O3/c1-13(2,6-5-11(17)18)16-10-4-3-8(14)7-9(10)12(15)19/h3-4,7,16H,5-6H2,1-2H3,(H2,15,19)(H,17,18). The van der Waals surface area contributed by atoms with Crippen molar-refractivity contribution in [1.29, 1.82) is 0 Å². The second kappa shape index (κ2) is 5.69. The topological polar surface area (TPSA) is 92.4 Å². The molecule has 0 aromatic heterocycles. The molecule has 19 heavy (non-hydrogen) atoms. The zero-order valence-electron chi connectivity index (χ0n) is 10.9. The normalized spacial score (nSPS) is 11.1. The lowest BCUT2D eigenvalue weighted by Crippen LogP contribution is -2.32. The molecule has 0 bridgehead atoms. The smallest absolute Gasteiger partial charge is 0.303 e. The van der Waals surface area contributed by atoms with Crippen LogP contribution in [0, 0.1) is 5.82 Å². The lowest BCUT2D eigenvalue weighted by molar-refractivity contribution is -0.137. The summed E-state index contributed by atoms with van der Waals surface area (Å²) in [5.41, 5.74) is 5.07. The maximum absolute atomic E-state index is 13.1. The first-order valence-electron chi connectivity index (χ1n) is 5.80. The summed E-state index contributed by atoms with van der Waals surface area (Å²) in [6.07, 6.45) is 0.352. The molecule has 0 atom stereocenters. The third-order valence-electron chi connectivity index (χ3n) is 2.68. The van der Waals surface area contributed by atoms with Crippen molar-refractivity contribution in [3.63, 3.8) is 0 Å². The molecule has 4 N–H and O–H groups in total. The van der Waals surface area contributed by atoms with Gasteiger partial charge in [0.15, 0.2) is 0 Å². The van der Waals surface area contributed by atoms with Gasteiger partial charge in [0.05, 0.1) is 5.56 Å². The molecule has 5 nitrogen and oxygen atoms in total. The lowest BCUT2D eigenvalue weighted by atomic mass is 9.97. The lowest BCUT2D eigenvalue weighted by Gasteiger charge is -2.28. The highest BCUT2D eigenvalue weighted by Crippen LogP contribution is 2.23. The zero-order valence-corrected chi connectivity index (χ0v) is 10.9. The van der Waals surface area contributed by atoms with Gasteiger partial charge in [0.25, 0.3) is 5.91 Å². The minimum atomic E-state index is -0.899. The molecule has 1 rings (SSSR count). The Labute approximate surface area is 110 Å². The third-order valence-corrected chi connectivity index (χ3v) is 2.68. The van der Waals surface area contributed by atoms with Crippen LogP contribution in [0.4, 0.5) is 10.1 Å². The average molecular weight is 268 g/mol. The van der Waals surface area contributed by atoms with E-state index in [4.69, 9.17) is 10.8 Å². The van der Waals surface area contributed by atoms with Crippen LogP contribution in [0.3, 0.4) is 0 Å². The maximum Gasteiger partial charge on any atom is 0.303 e. The van der Waals surface area contributed by atoms with Crippen LogP contribution in [0.15, 0.2) is 18.2 Å². The molecule has 0 aliphatic rings. The van der Waals surface area contributed by atoms with Crippen molar-refractivity contribution in [3.8, 4) is 0 Å². The van der Waals surface area contributed by atoms with E-state index < -0.39 is 23.2 Å². The number of anilines is 1. The first-order chi connectivity index (χ1) is 8.71. The fourth-order valence-electron chi connectivity index (χ4n) is 1.68. The van der Waals surface area contributed by atoms with E-state index in [1.54, 1.807) is 13.8 Å². The average Bonchev–Trinajstić information content (AvgIpc) is 2.28. The SMILES string of the molecule is CC(C)(CCC(=O)O)Nc1ccc(F)cc1C(N)=O. The number of benzene rings is 1. The number of primary amides is 1. The first kappa shape index (κ1) is 14.9. The third kappa shape index (κ3) is 4.57. The number of carbonyl (C=O) groups is 2. The summed E-state index contributed by atoms with van der Waals surface area (Å²) in [5.74, 6) is -2.19. The molecule has 0 saturated heterocycles. The molecular weight excluding hydrogens is 251 g/mol. The van der Waals surface area contributed by atoms with Crippen LogP contribution in [0.25, 0.3) is 0 Å². The number of carboxylic acids is 1. The molecule has 1 amide bonds. The monoisotopic (exact) mass is 268 g/mol. The number of amides is 1. The number of halogens is 1. The van der Waals surface area contributed by atoms with E-state index in [2.05, 4.69) is 5.32 Å². The Morgan fingerprint density at radius 2 is 2.05 bits per heavy atom. The van der Waals surface area contributed by atoms with Crippen LogP contribution < -0.4 is 11.1 Å². The molecule has 0 radical (unpaired) electrons. The molecule has 0 unspecified atom stereocenters. The Hall–Kier alpha value is -2.11. The Bertz CT molecular complexity index is 501. The number of rotatable bonds is 6. The Balaban J connectivity index is 2.92. The van der Waals surface area contributed by atoms with Crippen LogP contribution >= 0.6 is 0 Å². The molecule has 0 saturated carbocycles. The van der Waals surface area contributed by atoms with Gasteiger partial charge in [-0.15, -0.1) is 0 Å². The van der Waals surface area contributed by atoms with Crippen LogP contribution in [-0.4, -0.2) is 22.5 Å². The second-order valence-electron chi connectivity index (χ2n) is 4.96. The van der Waals surface area contributed by atoms with Gasteiger partial charge < -0.3 is 16.2 Å². The maximum atomic E-state index is 13.1. The van der Waals surface area contributed by atoms with Gasteiger partial charge in [-0.25, -0.2) is 4.39 Å². The number of nitrogens with two attached hydrogens (primary N) is 1. The summed E-state index contributed by atoms with van der Waals surface area (Å²) in [6, 6.07) is 3.68. The highest BCUT2D eigenvalue weighted by molar-refractivity contribution is 5.98. The highest BCUT2D eigenvalue weighted by atomic mass is 19.1. The molecule has 6 heteroatoms. The van der Waals surface area contributed by atoms with Gasteiger partial charge in [0.2, 0.25) is 0 Å². The van der Waals surface area contributed by atoms with Crippen molar-refractivity contribution in [2.24, 2.45) is 5.73 Å². The highest BCUT2D eigenvalue weighted by Gasteiger charge is 2.21. The van der Waals surface area contributed by atoms with E-state index in [9.17, 15) is 14.0 Å². The summed E-state index contributed by atoms with van der Waals surface area (Å²) in [6.45, 7) is 3.59. The number of aliphatic carboxylic acids is 1. The van der Waals surface area contributed by atoms with E-state index in [0.29, 0.717) is 12.1 Å². The van der Waals surface area contributed by atoms with Gasteiger partial charge in [0.1, 0.15) is 5.82 Å². The minimum absolute atomic E-state index is 0.00685. The molecule has 0 aliphatic heterocycles. The number of nitrogens with one attached hydrogen (secondary N) is 1. The van der Waals surface area contributed by atoms with Gasteiger partial charge in [-0.3, -0.25) is 9.59 Å². The van der Waals surface area contributed by atoms with Crippen LogP contribution in [0.1, 0.15) is 37.0 Å². The van der Waals surface area contributed by atoms with Gasteiger partial charge in [-0.05, 0) is 38.5 Å². The Morgan fingerprint density at radius 3 is 2.58 bits per heavy atom. The molecule has 0 aliphatic carbocycles. The largest absolute Gasteiger partial charge is 0.481 e. The molecule has 104 valence electrons. The Morgan fingerprint density at radius 1 is 1.42 bits per heavy atom. The zero-order chi connectivity index (χ0) is 14.6. The molecule has 0 spiro atoms. The quantitative estimate of drug-likeness (QED) is 0.735. The summed E-state index contributed by atoms with van der Waals surface area (Å²) in [5, 5.41) is 11.7.